The number of amides is 2. The van der Waals surface area contributed by atoms with Gasteiger partial charge < -0.3 is 5.32 Å². The van der Waals surface area contributed by atoms with Crippen molar-refractivity contribution in [2.75, 3.05) is 5.32 Å². The highest BCUT2D eigenvalue weighted by Crippen LogP contribution is 2.55. The van der Waals surface area contributed by atoms with E-state index in [1.807, 2.05) is 0 Å². The second-order valence-electron chi connectivity index (χ2n) is 8.89. The zero-order valence-corrected chi connectivity index (χ0v) is 16.4. The molecule has 0 spiro atoms. The number of carbonyl (C=O) groups is 1. The number of hydrogen-bond acceptors (Lipinski definition) is 2. The van der Waals surface area contributed by atoms with E-state index in [2.05, 4.69) is 15.7 Å². The first-order chi connectivity index (χ1) is 13.5. The molecule has 7 heteroatoms. The number of halogens is 2. The van der Waals surface area contributed by atoms with Crippen LogP contribution in [0.15, 0.2) is 30.5 Å². The van der Waals surface area contributed by atoms with Gasteiger partial charge in [-0.05, 0) is 62.3 Å². The van der Waals surface area contributed by atoms with Crippen LogP contribution >= 0.6 is 11.6 Å². The van der Waals surface area contributed by atoms with Crippen LogP contribution in [0.25, 0.3) is 0 Å². The molecule has 4 aliphatic carbocycles. The maximum atomic E-state index is 13.9. The van der Waals surface area contributed by atoms with Gasteiger partial charge in [-0.25, -0.2) is 9.18 Å². The Bertz CT molecular complexity index is 876. The first kappa shape index (κ1) is 18.0. The lowest BCUT2D eigenvalue weighted by atomic mass is 9.53. The van der Waals surface area contributed by atoms with E-state index >= 15 is 0 Å². The topological polar surface area (TPSA) is 59.0 Å². The third kappa shape index (κ3) is 3.39. The van der Waals surface area contributed by atoms with Gasteiger partial charge in [0, 0.05) is 17.3 Å². The second kappa shape index (κ2) is 6.76. The Kier molecular flexibility index (Phi) is 4.34. The number of hydrogen-bond donors (Lipinski definition) is 2. The number of anilines is 1. The summed E-state index contributed by atoms with van der Waals surface area (Å²) in [5.74, 6) is 2.30. The Morgan fingerprint density at radius 1 is 1.18 bits per heavy atom. The minimum absolute atomic E-state index is 0.0684. The Balaban J connectivity index is 1.26. The van der Waals surface area contributed by atoms with Gasteiger partial charge in [0.2, 0.25) is 0 Å². The van der Waals surface area contributed by atoms with Crippen molar-refractivity contribution < 1.29 is 9.18 Å². The van der Waals surface area contributed by atoms with Crippen LogP contribution < -0.4 is 10.6 Å². The third-order valence-corrected chi connectivity index (χ3v) is 6.93. The Labute approximate surface area is 168 Å². The van der Waals surface area contributed by atoms with Crippen molar-refractivity contribution in [3.8, 4) is 0 Å². The average molecular weight is 403 g/mol. The highest BCUT2D eigenvalue weighted by Gasteiger charge is 2.51. The highest BCUT2D eigenvalue weighted by atomic mass is 35.5. The molecular weight excluding hydrogens is 379 g/mol. The quantitative estimate of drug-likeness (QED) is 0.770. The van der Waals surface area contributed by atoms with Crippen LogP contribution in [0, 0.1) is 23.6 Å². The molecule has 4 fully saturated rings. The maximum absolute atomic E-state index is 13.9. The molecule has 0 aliphatic heterocycles. The predicted molar refractivity (Wildman–Crippen MR) is 106 cm³/mol. The molecule has 2 amide bonds. The van der Waals surface area contributed by atoms with Crippen molar-refractivity contribution >= 4 is 23.4 Å². The first-order valence-electron chi connectivity index (χ1n) is 10.0. The molecule has 2 N–H and O–H groups in total. The molecule has 0 saturated heterocycles. The molecule has 6 rings (SSSR count). The lowest BCUT2D eigenvalue weighted by Crippen LogP contribution is -2.60. The molecule has 1 aromatic carbocycles. The molecule has 0 radical (unpaired) electrons. The molecule has 2 aromatic rings. The standard InChI is InChI=1S/C21H24ClFN4O/c22-17-12-27(11-16-3-1-2-4-18(16)23)26-19(17)24-20(28)25-21-8-13-5-14(9-21)7-15(6-13)10-21/h1-4,12-15H,5-11H2,(H2,24,25,26,28). The van der Waals surface area contributed by atoms with Crippen LogP contribution in [-0.4, -0.2) is 21.4 Å². The molecular formula is C21H24ClFN4O. The number of nitrogens with one attached hydrogen (secondary N) is 2. The van der Waals surface area contributed by atoms with Gasteiger partial charge in [0.1, 0.15) is 10.8 Å². The molecule has 4 aliphatic rings. The van der Waals surface area contributed by atoms with Crippen molar-refractivity contribution in [2.24, 2.45) is 17.8 Å². The van der Waals surface area contributed by atoms with Crippen LogP contribution in [0.3, 0.4) is 0 Å². The van der Waals surface area contributed by atoms with E-state index in [4.69, 9.17) is 11.6 Å². The van der Waals surface area contributed by atoms with Gasteiger partial charge in [-0.2, -0.15) is 5.10 Å². The molecule has 1 heterocycles. The Morgan fingerprint density at radius 3 is 2.46 bits per heavy atom. The summed E-state index contributed by atoms with van der Waals surface area (Å²) in [5, 5.41) is 10.7. The summed E-state index contributed by atoms with van der Waals surface area (Å²) in [4.78, 5) is 12.7. The van der Waals surface area contributed by atoms with E-state index in [1.165, 1.54) is 25.3 Å². The Morgan fingerprint density at radius 2 is 1.82 bits per heavy atom. The van der Waals surface area contributed by atoms with E-state index in [0.717, 1.165) is 37.0 Å². The molecule has 4 saturated carbocycles. The van der Waals surface area contributed by atoms with E-state index in [9.17, 15) is 9.18 Å². The van der Waals surface area contributed by atoms with E-state index in [1.54, 1.807) is 29.1 Å². The highest BCUT2D eigenvalue weighted by molar-refractivity contribution is 6.33. The third-order valence-electron chi connectivity index (χ3n) is 6.66. The summed E-state index contributed by atoms with van der Waals surface area (Å²) in [5.41, 5.74) is 0.451. The van der Waals surface area contributed by atoms with Crippen LogP contribution in [0.1, 0.15) is 44.1 Å². The van der Waals surface area contributed by atoms with Crippen LogP contribution in [0.4, 0.5) is 15.0 Å². The minimum Gasteiger partial charge on any atom is -0.332 e. The van der Waals surface area contributed by atoms with Gasteiger partial charge in [-0.1, -0.05) is 29.8 Å². The van der Waals surface area contributed by atoms with Gasteiger partial charge in [0.05, 0.1) is 6.54 Å². The fraction of sp³-hybridized carbons (Fsp3) is 0.524. The van der Waals surface area contributed by atoms with E-state index in [0.29, 0.717) is 16.4 Å². The van der Waals surface area contributed by atoms with Crippen LogP contribution in [0.2, 0.25) is 5.02 Å². The number of benzene rings is 1. The molecule has 0 unspecified atom stereocenters. The van der Waals surface area contributed by atoms with Crippen LogP contribution in [0.5, 0.6) is 0 Å². The minimum atomic E-state index is -0.289. The number of rotatable bonds is 4. The fourth-order valence-corrected chi connectivity index (χ4v) is 6.20. The molecule has 4 bridgehead atoms. The van der Waals surface area contributed by atoms with Gasteiger partial charge in [-0.3, -0.25) is 10.00 Å². The number of aromatic nitrogens is 2. The number of urea groups is 1. The summed E-state index contributed by atoms with van der Waals surface area (Å²) in [7, 11) is 0. The predicted octanol–water partition coefficient (Wildman–Crippen LogP) is 4.81. The summed E-state index contributed by atoms with van der Waals surface area (Å²) in [6.07, 6.45) is 8.85. The van der Waals surface area contributed by atoms with Gasteiger partial charge in [0.15, 0.2) is 5.82 Å². The Hall–Kier alpha value is -2.08. The van der Waals surface area contributed by atoms with Crippen molar-refractivity contribution in [2.45, 2.75) is 50.6 Å². The molecule has 0 atom stereocenters. The lowest BCUT2D eigenvalue weighted by Gasteiger charge is -2.56. The summed E-state index contributed by atoms with van der Waals surface area (Å²) < 4.78 is 15.4. The summed E-state index contributed by atoms with van der Waals surface area (Å²) in [6.45, 7) is 0.255. The van der Waals surface area contributed by atoms with E-state index in [-0.39, 0.29) is 23.9 Å². The average Bonchev–Trinajstić information content (AvgIpc) is 2.94. The lowest BCUT2D eigenvalue weighted by molar-refractivity contribution is -0.0127. The zero-order valence-electron chi connectivity index (χ0n) is 15.6. The fourth-order valence-electron chi connectivity index (χ4n) is 6.01. The normalized spacial score (nSPS) is 30.4. The number of carbonyl (C=O) groups excluding carboxylic acids is 1. The summed E-state index contributed by atoms with van der Waals surface area (Å²) in [6, 6.07) is 6.30. The van der Waals surface area contributed by atoms with Crippen molar-refractivity contribution in [1.29, 1.82) is 0 Å². The first-order valence-corrected chi connectivity index (χ1v) is 10.4. The number of nitrogens with zero attached hydrogens (tertiary/aromatic N) is 2. The van der Waals surface area contributed by atoms with Gasteiger partial charge in [-0.15, -0.1) is 0 Å². The van der Waals surface area contributed by atoms with Gasteiger partial charge in [0.25, 0.3) is 0 Å². The molecule has 5 nitrogen and oxygen atoms in total. The smallest absolute Gasteiger partial charge is 0.320 e. The molecule has 1 aromatic heterocycles. The van der Waals surface area contributed by atoms with Crippen molar-refractivity contribution in [3.05, 3.63) is 46.9 Å². The summed E-state index contributed by atoms with van der Waals surface area (Å²) >= 11 is 6.25. The second-order valence-corrected chi connectivity index (χ2v) is 9.30. The monoisotopic (exact) mass is 402 g/mol. The van der Waals surface area contributed by atoms with Gasteiger partial charge >= 0.3 is 6.03 Å². The van der Waals surface area contributed by atoms with Crippen LogP contribution in [-0.2, 0) is 6.54 Å². The largest absolute Gasteiger partial charge is 0.332 e. The van der Waals surface area contributed by atoms with Crippen molar-refractivity contribution in [3.63, 3.8) is 0 Å². The van der Waals surface area contributed by atoms with Crippen molar-refractivity contribution in [1.82, 2.24) is 15.1 Å². The maximum Gasteiger partial charge on any atom is 0.320 e. The van der Waals surface area contributed by atoms with E-state index < -0.39 is 0 Å². The molecule has 28 heavy (non-hydrogen) atoms. The SMILES string of the molecule is O=C(Nc1nn(Cc2ccccc2F)cc1Cl)NC12CC3CC(CC(C3)C1)C2. The zero-order chi connectivity index (χ0) is 19.3. The molecule has 148 valence electrons.